The van der Waals surface area contributed by atoms with Crippen LogP contribution in [0.25, 0.3) is 0 Å². The van der Waals surface area contributed by atoms with Gasteiger partial charge in [0.05, 0.1) is 52.7 Å². The molecule has 0 aromatic heterocycles. The van der Waals surface area contributed by atoms with Crippen molar-refractivity contribution in [2.45, 2.75) is 63.4 Å². The number of hydrogen-bond donors (Lipinski definition) is 0. The average Bonchev–Trinajstić information content (AvgIpc) is 3.08. The van der Waals surface area contributed by atoms with E-state index < -0.39 is 36.5 Å². The first kappa shape index (κ1) is 31.6. The molecule has 0 aliphatic carbocycles. The van der Waals surface area contributed by atoms with E-state index in [-0.39, 0.29) is 13.0 Å². The highest BCUT2D eigenvalue weighted by molar-refractivity contribution is 5.69. The van der Waals surface area contributed by atoms with Crippen LogP contribution in [0.5, 0.6) is 0 Å². The summed E-state index contributed by atoms with van der Waals surface area (Å²) in [7, 11) is 1.38. The van der Waals surface area contributed by atoms with Gasteiger partial charge in [-0.3, -0.25) is 4.79 Å². The smallest absolute Gasteiger partial charge is 0.308 e. The van der Waals surface area contributed by atoms with E-state index in [1.165, 1.54) is 7.11 Å². The van der Waals surface area contributed by atoms with E-state index in [0.717, 1.165) is 22.3 Å². The second-order valence-electron chi connectivity index (χ2n) is 10.8. The summed E-state index contributed by atoms with van der Waals surface area (Å²) in [4.78, 5) is 12.6. The predicted molar refractivity (Wildman–Crippen MR) is 166 cm³/mol. The standard InChI is InChI=1S/C37H40O7/c1-39-34(38)22-32-35(41-24-29-16-8-3-9-17-29)37(43-26-31-20-12-5-13-21-31)36(42-25-30-18-10-4-11-19-30)33(44-32)27-40-23-28-14-6-2-7-15-28/h2-21,32-33,35-37H,22-27H2,1H3/t32-,33-,35+,36-,37-/m1/s1. The number of benzene rings is 4. The van der Waals surface area contributed by atoms with Gasteiger partial charge in [-0.05, 0) is 22.3 Å². The molecule has 230 valence electrons. The zero-order valence-electron chi connectivity index (χ0n) is 25.0. The van der Waals surface area contributed by atoms with Gasteiger partial charge < -0.3 is 28.4 Å². The monoisotopic (exact) mass is 596 g/mol. The van der Waals surface area contributed by atoms with Crippen LogP contribution in [0, 0.1) is 0 Å². The van der Waals surface area contributed by atoms with Crippen LogP contribution in [-0.2, 0) is 59.6 Å². The predicted octanol–water partition coefficient (Wildman–Crippen LogP) is 6.29. The van der Waals surface area contributed by atoms with Crippen LogP contribution in [0.4, 0.5) is 0 Å². The summed E-state index contributed by atoms with van der Waals surface area (Å²) >= 11 is 0. The third kappa shape index (κ3) is 9.32. The topological polar surface area (TPSA) is 72.5 Å². The van der Waals surface area contributed by atoms with Crippen molar-refractivity contribution in [3.05, 3.63) is 144 Å². The summed E-state index contributed by atoms with van der Waals surface area (Å²) in [6, 6.07) is 39.8. The molecule has 1 aliphatic rings. The van der Waals surface area contributed by atoms with E-state index in [9.17, 15) is 4.79 Å². The van der Waals surface area contributed by atoms with Crippen molar-refractivity contribution < 1.29 is 33.2 Å². The molecular weight excluding hydrogens is 556 g/mol. The minimum atomic E-state index is -0.645. The molecule has 1 heterocycles. The summed E-state index contributed by atoms with van der Waals surface area (Å²) < 4.78 is 37.7. The number of ether oxygens (including phenoxy) is 6. The van der Waals surface area contributed by atoms with Crippen LogP contribution in [0.1, 0.15) is 28.7 Å². The Kier molecular flexibility index (Phi) is 12.1. The summed E-state index contributed by atoms with van der Waals surface area (Å²) in [5.74, 6) is -0.391. The molecule has 0 saturated carbocycles. The second kappa shape index (κ2) is 16.9. The molecule has 0 N–H and O–H groups in total. The Morgan fingerprint density at radius 2 is 0.932 bits per heavy atom. The molecule has 4 aromatic carbocycles. The molecule has 1 aliphatic heterocycles. The fourth-order valence-electron chi connectivity index (χ4n) is 5.30. The lowest BCUT2D eigenvalue weighted by molar-refractivity contribution is -0.273. The number of methoxy groups -OCH3 is 1. The van der Waals surface area contributed by atoms with E-state index in [4.69, 9.17) is 28.4 Å². The molecule has 7 heteroatoms. The van der Waals surface area contributed by atoms with Gasteiger partial charge in [0.25, 0.3) is 0 Å². The highest BCUT2D eigenvalue weighted by Gasteiger charge is 2.49. The van der Waals surface area contributed by atoms with Gasteiger partial charge in [0.15, 0.2) is 0 Å². The number of hydrogen-bond acceptors (Lipinski definition) is 7. The van der Waals surface area contributed by atoms with Crippen LogP contribution in [0.15, 0.2) is 121 Å². The van der Waals surface area contributed by atoms with Gasteiger partial charge in [-0.1, -0.05) is 121 Å². The molecule has 7 nitrogen and oxygen atoms in total. The van der Waals surface area contributed by atoms with Gasteiger partial charge in [0.2, 0.25) is 0 Å². The van der Waals surface area contributed by atoms with Gasteiger partial charge in [0, 0.05) is 0 Å². The first-order valence-electron chi connectivity index (χ1n) is 15.0. The van der Waals surface area contributed by atoms with E-state index >= 15 is 0 Å². The summed E-state index contributed by atoms with van der Waals surface area (Å²) in [5.41, 5.74) is 4.10. The number of carbonyl (C=O) groups is 1. The highest BCUT2D eigenvalue weighted by atomic mass is 16.6. The molecule has 5 rings (SSSR count). The Hall–Kier alpha value is -3.85. The highest BCUT2D eigenvalue weighted by Crippen LogP contribution is 2.32. The Morgan fingerprint density at radius 3 is 1.36 bits per heavy atom. The maximum Gasteiger partial charge on any atom is 0.308 e. The fraction of sp³-hybridized carbons (Fsp3) is 0.324. The Balaban J connectivity index is 1.43. The quantitative estimate of drug-likeness (QED) is 0.149. The fourth-order valence-corrected chi connectivity index (χ4v) is 5.30. The van der Waals surface area contributed by atoms with Crippen molar-refractivity contribution in [3.63, 3.8) is 0 Å². The van der Waals surface area contributed by atoms with Crippen molar-refractivity contribution in [2.75, 3.05) is 13.7 Å². The van der Waals surface area contributed by atoms with Crippen molar-refractivity contribution in [3.8, 4) is 0 Å². The molecule has 44 heavy (non-hydrogen) atoms. The molecule has 1 saturated heterocycles. The Labute approximate surface area is 259 Å². The van der Waals surface area contributed by atoms with Gasteiger partial charge in [-0.25, -0.2) is 0 Å². The van der Waals surface area contributed by atoms with Gasteiger partial charge in [0.1, 0.15) is 24.4 Å². The molecule has 0 bridgehead atoms. The molecule has 0 unspecified atom stereocenters. The van der Waals surface area contributed by atoms with E-state index in [2.05, 4.69) is 0 Å². The molecule has 0 spiro atoms. The first-order valence-corrected chi connectivity index (χ1v) is 15.0. The zero-order chi connectivity index (χ0) is 30.4. The maximum atomic E-state index is 12.6. The lowest BCUT2D eigenvalue weighted by Gasteiger charge is -2.46. The van der Waals surface area contributed by atoms with Gasteiger partial charge >= 0.3 is 5.97 Å². The minimum Gasteiger partial charge on any atom is -0.469 e. The Morgan fingerprint density at radius 1 is 0.545 bits per heavy atom. The Bertz CT molecular complexity index is 1370. The van der Waals surface area contributed by atoms with Crippen LogP contribution in [0.2, 0.25) is 0 Å². The van der Waals surface area contributed by atoms with Crippen LogP contribution < -0.4 is 0 Å². The van der Waals surface area contributed by atoms with E-state index in [0.29, 0.717) is 26.4 Å². The minimum absolute atomic E-state index is 0.00173. The summed E-state index contributed by atoms with van der Waals surface area (Å²) in [6.45, 7) is 1.66. The van der Waals surface area contributed by atoms with Crippen molar-refractivity contribution in [1.29, 1.82) is 0 Å². The summed E-state index contributed by atoms with van der Waals surface area (Å²) in [5, 5.41) is 0. The molecule has 0 amide bonds. The van der Waals surface area contributed by atoms with Crippen LogP contribution in [0.3, 0.4) is 0 Å². The van der Waals surface area contributed by atoms with E-state index in [1.54, 1.807) is 0 Å². The third-order valence-corrected chi connectivity index (χ3v) is 7.58. The lowest BCUT2D eigenvalue weighted by Crippen LogP contribution is -2.61. The van der Waals surface area contributed by atoms with Crippen molar-refractivity contribution >= 4 is 5.97 Å². The van der Waals surface area contributed by atoms with Crippen LogP contribution >= 0.6 is 0 Å². The SMILES string of the molecule is COC(=O)C[C@H]1O[C@H](COCc2ccccc2)[C@@H](OCc2ccccc2)[C@H](OCc2ccccc2)[C@H]1OCc1ccccc1. The maximum absolute atomic E-state index is 12.6. The van der Waals surface area contributed by atoms with Crippen molar-refractivity contribution in [2.24, 2.45) is 0 Å². The van der Waals surface area contributed by atoms with Gasteiger partial charge in [-0.15, -0.1) is 0 Å². The summed E-state index contributed by atoms with van der Waals surface area (Å²) in [6.07, 6.45) is -2.92. The third-order valence-electron chi connectivity index (χ3n) is 7.58. The normalized spacial score (nSPS) is 21.5. The van der Waals surface area contributed by atoms with Crippen LogP contribution in [-0.4, -0.2) is 50.2 Å². The molecule has 0 radical (unpaired) electrons. The number of carbonyl (C=O) groups excluding carboxylic acids is 1. The molecule has 4 aromatic rings. The number of esters is 1. The first-order chi connectivity index (χ1) is 21.7. The van der Waals surface area contributed by atoms with E-state index in [1.807, 2.05) is 121 Å². The second-order valence-corrected chi connectivity index (χ2v) is 10.8. The average molecular weight is 597 g/mol. The largest absolute Gasteiger partial charge is 0.469 e. The van der Waals surface area contributed by atoms with Gasteiger partial charge in [-0.2, -0.15) is 0 Å². The molecule has 5 atom stereocenters. The van der Waals surface area contributed by atoms with Crippen molar-refractivity contribution in [1.82, 2.24) is 0 Å². The molecule has 1 fully saturated rings. The molecular formula is C37H40O7. The zero-order valence-corrected chi connectivity index (χ0v) is 25.0. The number of rotatable bonds is 15. The lowest BCUT2D eigenvalue weighted by atomic mass is 9.92.